The molecule has 1 N–H and O–H groups in total. The molecule has 0 aromatic carbocycles. The summed E-state index contributed by atoms with van der Waals surface area (Å²) in [4.78, 5) is 6.32. The Morgan fingerprint density at radius 2 is 2.00 bits per heavy atom. The molecule has 0 aliphatic heterocycles. The lowest BCUT2D eigenvalue weighted by atomic mass is 9.75. The fourth-order valence-electron chi connectivity index (χ4n) is 2.79. The van der Waals surface area contributed by atoms with Gasteiger partial charge in [-0.3, -0.25) is 4.98 Å². The highest BCUT2D eigenvalue weighted by Crippen LogP contribution is 2.37. The predicted molar refractivity (Wildman–Crippen MR) is 83.9 cm³/mol. The van der Waals surface area contributed by atoms with E-state index in [0.29, 0.717) is 12.2 Å². The third-order valence-corrected chi connectivity index (χ3v) is 6.32. The number of hydrogen-bond acceptors (Lipinski definition) is 5. The van der Waals surface area contributed by atoms with Crippen molar-refractivity contribution in [2.24, 2.45) is 0 Å². The zero-order valence-electron chi connectivity index (χ0n) is 13.1. The largest absolute Gasteiger partial charge is 0.387 e. The molecule has 7 heteroatoms. The van der Waals surface area contributed by atoms with E-state index in [1.54, 1.807) is 26.4 Å². The molecule has 0 radical (unpaired) electrons. The maximum atomic E-state index is 12.8. The van der Waals surface area contributed by atoms with E-state index < -0.39 is 10.0 Å². The SMILES string of the molecule is CNc1ccncc1S(=O)(=O)N(C)CC1(N(C)C)CCC1. The first-order valence-corrected chi connectivity index (χ1v) is 8.53. The summed E-state index contributed by atoms with van der Waals surface area (Å²) in [6.07, 6.45) is 6.21. The van der Waals surface area contributed by atoms with E-state index in [-0.39, 0.29) is 10.4 Å². The summed E-state index contributed by atoms with van der Waals surface area (Å²) in [7, 11) is 3.84. The van der Waals surface area contributed by atoms with Crippen LogP contribution >= 0.6 is 0 Å². The minimum atomic E-state index is -3.54. The monoisotopic (exact) mass is 312 g/mol. The van der Waals surface area contributed by atoms with E-state index >= 15 is 0 Å². The van der Waals surface area contributed by atoms with Gasteiger partial charge in [0.1, 0.15) is 4.90 Å². The minimum Gasteiger partial charge on any atom is -0.387 e. The van der Waals surface area contributed by atoms with E-state index in [1.165, 1.54) is 10.5 Å². The summed E-state index contributed by atoms with van der Waals surface area (Å²) >= 11 is 0. The maximum Gasteiger partial charge on any atom is 0.246 e. The Bertz CT molecular complexity index is 597. The fraction of sp³-hybridized carbons (Fsp3) is 0.643. The summed E-state index contributed by atoms with van der Waals surface area (Å²) < 4.78 is 27.0. The number of likely N-dealkylation sites (N-methyl/N-ethyl adjacent to an activating group) is 2. The third kappa shape index (κ3) is 2.90. The van der Waals surface area contributed by atoms with Crippen molar-refractivity contribution >= 4 is 15.7 Å². The van der Waals surface area contributed by atoms with Crippen LogP contribution in [0.25, 0.3) is 0 Å². The number of nitrogens with one attached hydrogen (secondary N) is 1. The number of rotatable bonds is 6. The molecule has 0 saturated heterocycles. The summed E-state index contributed by atoms with van der Waals surface area (Å²) in [6.45, 7) is 0.500. The predicted octanol–water partition coefficient (Wildman–Crippen LogP) is 1.23. The van der Waals surface area contributed by atoms with Crippen molar-refractivity contribution in [1.82, 2.24) is 14.2 Å². The highest BCUT2D eigenvalue weighted by Gasteiger charge is 2.42. The van der Waals surface area contributed by atoms with E-state index in [0.717, 1.165) is 19.3 Å². The van der Waals surface area contributed by atoms with Gasteiger partial charge >= 0.3 is 0 Å². The Hall–Kier alpha value is -1.18. The van der Waals surface area contributed by atoms with Crippen LogP contribution in [0.3, 0.4) is 0 Å². The average molecular weight is 312 g/mol. The molecular formula is C14H24N4O2S. The summed E-state index contributed by atoms with van der Waals surface area (Å²) in [6, 6.07) is 1.67. The normalized spacial score (nSPS) is 17.8. The molecule has 6 nitrogen and oxygen atoms in total. The first-order valence-electron chi connectivity index (χ1n) is 7.09. The summed E-state index contributed by atoms with van der Waals surface area (Å²) in [5.41, 5.74) is 0.536. The van der Waals surface area contributed by atoms with Crippen molar-refractivity contribution < 1.29 is 8.42 Å². The number of hydrogen-bond donors (Lipinski definition) is 1. The molecule has 2 rings (SSSR count). The number of nitrogens with zero attached hydrogens (tertiary/aromatic N) is 3. The second-order valence-electron chi connectivity index (χ2n) is 5.86. The van der Waals surface area contributed by atoms with Gasteiger partial charge in [0, 0.05) is 38.6 Å². The Kier molecular flexibility index (Phi) is 4.55. The lowest BCUT2D eigenvalue weighted by molar-refractivity contribution is 0.0455. The maximum absolute atomic E-state index is 12.8. The lowest BCUT2D eigenvalue weighted by Crippen LogP contribution is -2.57. The number of anilines is 1. The summed E-state index contributed by atoms with van der Waals surface area (Å²) in [5, 5.41) is 2.91. The fourth-order valence-corrected chi connectivity index (χ4v) is 4.18. The third-order valence-electron chi connectivity index (χ3n) is 4.49. The van der Waals surface area contributed by atoms with Crippen LogP contribution in [0, 0.1) is 0 Å². The standard InChI is InChI=1S/C14H24N4O2S/c1-15-12-6-9-16-10-13(12)21(19,20)18(4)11-14(17(2)3)7-5-8-14/h6,9-10H,5,7-8,11H2,1-4H3,(H,15,16). The van der Waals surface area contributed by atoms with Gasteiger partial charge in [-0.25, -0.2) is 8.42 Å². The highest BCUT2D eigenvalue weighted by molar-refractivity contribution is 7.89. The van der Waals surface area contributed by atoms with Crippen molar-refractivity contribution in [3.8, 4) is 0 Å². The molecule has 1 aromatic rings. The van der Waals surface area contributed by atoms with Gasteiger partial charge in [0.25, 0.3) is 0 Å². The quantitative estimate of drug-likeness (QED) is 0.856. The van der Waals surface area contributed by atoms with Gasteiger partial charge in [-0.2, -0.15) is 4.31 Å². The molecule has 0 spiro atoms. The molecule has 0 unspecified atom stereocenters. The van der Waals surface area contributed by atoms with Crippen LogP contribution in [-0.2, 0) is 10.0 Å². The van der Waals surface area contributed by atoms with E-state index in [9.17, 15) is 8.42 Å². The first-order chi connectivity index (χ1) is 9.83. The lowest BCUT2D eigenvalue weighted by Gasteiger charge is -2.48. The van der Waals surface area contributed by atoms with Crippen LogP contribution in [-0.4, -0.2) is 62.9 Å². The zero-order chi connectivity index (χ0) is 15.7. The molecule has 118 valence electrons. The molecular weight excluding hydrogens is 288 g/mol. The van der Waals surface area contributed by atoms with Gasteiger partial charge in [-0.15, -0.1) is 0 Å². The van der Waals surface area contributed by atoms with Crippen LogP contribution < -0.4 is 5.32 Å². The number of pyridine rings is 1. The number of aromatic nitrogens is 1. The Morgan fingerprint density at radius 3 is 2.48 bits per heavy atom. The molecule has 1 saturated carbocycles. The van der Waals surface area contributed by atoms with Crippen molar-refractivity contribution in [3.63, 3.8) is 0 Å². The molecule has 0 atom stereocenters. The molecule has 1 aliphatic carbocycles. The zero-order valence-corrected chi connectivity index (χ0v) is 13.9. The number of sulfonamides is 1. The second-order valence-corrected chi connectivity index (χ2v) is 7.87. The Balaban J connectivity index is 2.27. The van der Waals surface area contributed by atoms with E-state index in [2.05, 4.69) is 15.2 Å². The average Bonchev–Trinajstić information content (AvgIpc) is 2.41. The Labute approximate surface area is 127 Å². The molecule has 1 aliphatic rings. The molecule has 21 heavy (non-hydrogen) atoms. The molecule has 1 aromatic heterocycles. The van der Waals surface area contributed by atoms with Gasteiger partial charge in [0.2, 0.25) is 10.0 Å². The van der Waals surface area contributed by atoms with Crippen LogP contribution in [0.5, 0.6) is 0 Å². The van der Waals surface area contributed by atoms with Crippen LogP contribution in [0.2, 0.25) is 0 Å². The Morgan fingerprint density at radius 1 is 1.33 bits per heavy atom. The first kappa shape index (κ1) is 16.2. The van der Waals surface area contributed by atoms with Gasteiger partial charge in [0.05, 0.1) is 5.69 Å². The smallest absolute Gasteiger partial charge is 0.246 e. The summed E-state index contributed by atoms with van der Waals surface area (Å²) in [5.74, 6) is 0. The van der Waals surface area contributed by atoms with Crippen molar-refractivity contribution in [1.29, 1.82) is 0 Å². The van der Waals surface area contributed by atoms with E-state index in [1.807, 2.05) is 14.1 Å². The van der Waals surface area contributed by atoms with Crippen LogP contribution in [0.4, 0.5) is 5.69 Å². The molecule has 1 fully saturated rings. The van der Waals surface area contributed by atoms with Crippen LogP contribution in [0.1, 0.15) is 19.3 Å². The van der Waals surface area contributed by atoms with E-state index in [4.69, 9.17) is 0 Å². The van der Waals surface area contributed by atoms with Gasteiger partial charge in [-0.1, -0.05) is 0 Å². The van der Waals surface area contributed by atoms with Gasteiger partial charge < -0.3 is 10.2 Å². The van der Waals surface area contributed by atoms with Gasteiger partial charge in [0.15, 0.2) is 0 Å². The highest BCUT2D eigenvalue weighted by atomic mass is 32.2. The van der Waals surface area contributed by atoms with Crippen molar-refractivity contribution in [2.45, 2.75) is 29.7 Å². The molecule has 0 amide bonds. The van der Waals surface area contributed by atoms with Crippen LogP contribution in [0.15, 0.2) is 23.4 Å². The van der Waals surface area contributed by atoms with Gasteiger partial charge in [-0.05, 0) is 39.4 Å². The topological polar surface area (TPSA) is 65.5 Å². The van der Waals surface area contributed by atoms with Crippen molar-refractivity contribution in [3.05, 3.63) is 18.5 Å². The minimum absolute atomic E-state index is 0.0379. The van der Waals surface area contributed by atoms with Crippen molar-refractivity contribution in [2.75, 3.05) is 40.1 Å². The second kappa shape index (κ2) is 5.90. The molecule has 0 bridgehead atoms. The molecule has 1 heterocycles.